The van der Waals surface area contributed by atoms with Gasteiger partial charge in [0.25, 0.3) is 0 Å². The lowest BCUT2D eigenvalue weighted by Crippen LogP contribution is -2.02. The van der Waals surface area contributed by atoms with E-state index in [1.54, 1.807) is 24.3 Å². The first kappa shape index (κ1) is 19.3. The number of unbranched alkanes of at least 4 members (excludes halogenated alkanes) is 5. The number of hydrogen-bond acceptors (Lipinski definition) is 4. The van der Waals surface area contributed by atoms with E-state index in [0.717, 1.165) is 12.8 Å². The fourth-order valence-electron chi connectivity index (χ4n) is 2.55. The van der Waals surface area contributed by atoms with Crippen molar-refractivity contribution in [3.63, 3.8) is 0 Å². The Bertz CT molecular complexity index is 734. The maximum absolute atomic E-state index is 12.5. The maximum atomic E-state index is 12.5. The standard InChI is InChI=1S/C20H26O4S/c1-2-3-4-5-6-7-16-24-18-10-14-20(15-11-18)25(22,23)19-12-8-17(21)9-13-19/h8-15,21H,2-7,16H2,1H3. The van der Waals surface area contributed by atoms with Gasteiger partial charge in [-0.3, -0.25) is 0 Å². The first-order valence-corrected chi connectivity index (χ1v) is 10.3. The predicted molar refractivity (Wildman–Crippen MR) is 98.9 cm³/mol. The van der Waals surface area contributed by atoms with Gasteiger partial charge in [-0.05, 0) is 55.0 Å². The van der Waals surface area contributed by atoms with E-state index in [0.29, 0.717) is 12.4 Å². The molecule has 0 aliphatic rings. The Morgan fingerprint density at radius 3 is 1.92 bits per heavy atom. The number of ether oxygens (including phenoxy) is 1. The van der Waals surface area contributed by atoms with Gasteiger partial charge in [-0.15, -0.1) is 0 Å². The average molecular weight is 362 g/mol. The Hall–Kier alpha value is -2.01. The highest BCUT2D eigenvalue weighted by Crippen LogP contribution is 2.24. The van der Waals surface area contributed by atoms with Crippen molar-refractivity contribution in [3.05, 3.63) is 48.5 Å². The molecule has 2 aromatic carbocycles. The van der Waals surface area contributed by atoms with Crippen LogP contribution >= 0.6 is 0 Å². The summed E-state index contributed by atoms with van der Waals surface area (Å²) in [6.07, 6.45) is 7.22. The second kappa shape index (κ2) is 9.47. The molecule has 0 aliphatic heterocycles. The molecular weight excluding hydrogens is 336 g/mol. The van der Waals surface area contributed by atoms with E-state index in [9.17, 15) is 13.5 Å². The summed E-state index contributed by atoms with van der Waals surface area (Å²) in [6.45, 7) is 2.85. The highest BCUT2D eigenvalue weighted by molar-refractivity contribution is 7.91. The van der Waals surface area contributed by atoms with Crippen molar-refractivity contribution < 1.29 is 18.3 Å². The van der Waals surface area contributed by atoms with Gasteiger partial charge in [-0.25, -0.2) is 8.42 Å². The predicted octanol–water partition coefficient (Wildman–Crippen LogP) is 4.96. The summed E-state index contributed by atoms with van der Waals surface area (Å²) in [5.41, 5.74) is 0. The Morgan fingerprint density at radius 1 is 0.800 bits per heavy atom. The molecule has 0 radical (unpaired) electrons. The van der Waals surface area contributed by atoms with Crippen LogP contribution in [0.1, 0.15) is 45.4 Å². The van der Waals surface area contributed by atoms with Crippen molar-refractivity contribution in [2.24, 2.45) is 0 Å². The van der Waals surface area contributed by atoms with Gasteiger partial charge in [-0.1, -0.05) is 39.0 Å². The molecule has 5 heteroatoms. The van der Waals surface area contributed by atoms with Crippen molar-refractivity contribution in [3.8, 4) is 11.5 Å². The van der Waals surface area contributed by atoms with Gasteiger partial charge in [0.1, 0.15) is 11.5 Å². The van der Waals surface area contributed by atoms with Crippen LogP contribution in [-0.4, -0.2) is 20.1 Å². The summed E-state index contributed by atoms with van der Waals surface area (Å²) < 4.78 is 30.7. The van der Waals surface area contributed by atoms with Gasteiger partial charge in [0, 0.05) is 0 Å². The third kappa shape index (κ3) is 5.78. The minimum atomic E-state index is -3.58. The lowest BCUT2D eigenvalue weighted by Gasteiger charge is -2.08. The Balaban J connectivity index is 1.88. The largest absolute Gasteiger partial charge is 0.508 e. The molecule has 0 unspecified atom stereocenters. The van der Waals surface area contributed by atoms with Gasteiger partial charge >= 0.3 is 0 Å². The van der Waals surface area contributed by atoms with Crippen LogP contribution in [0.5, 0.6) is 11.5 Å². The highest BCUT2D eigenvalue weighted by atomic mass is 32.2. The number of benzene rings is 2. The molecule has 0 saturated heterocycles. The quantitative estimate of drug-likeness (QED) is 0.607. The zero-order valence-corrected chi connectivity index (χ0v) is 15.5. The van der Waals surface area contributed by atoms with Crippen molar-refractivity contribution in [1.82, 2.24) is 0 Å². The number of aromatic hydroxyl groups is 1. The van der Waals surface area contributed by atoms with Gasteiger partial charge in [0.15, 0.2) is 0 Å². The summed E-state index contributed by atoms with van der Waals surface area (Å²) in [6, 6.07) is 12.0. The number of phenolic OH excluding ortho intramolecular Hbond substituents is 1. The monoisotopic (exact) mass is 362 g/mol. The zero-order valence-electron chi connectivity index (χ0n) is 14.6. The zero-order chi connectivity index (χ0) is 18.1. The van der Waals surface area contributed by atoms with Crippen LogP contribution in [-0.2, 0) is 9.84 Å². The molecule has 25 heavy (non-hydrogen) atoms. The van der Waals surface area contributed by atoms with Crippen molar-refractivity contribution >= 4 is 9.84 Å². The van der Waals surface area contributed by atoms with E-state index < -0.39 is 9.84 Å². The van der Waals surface area contributed by atoms with E-state index in [2.05, 4.69) is 6.92 Å². The van der Waals surface area contributed by atoms with Gasteiger partial charge < -0.3 is 9.84 Å². The molecule has 4 nitrogen and oxygen atoms in total. The highest BCUT2D eigenvalue weighted by Gasteiger charge is 2.17. The molecule has 1 N–H and O–H groups in total. The minimum Gasteiger partial charge on any atom is -0.508 e. The lowest BCUT2D eigenvalue weighted by molar-refractivity contribution is 0.304. The summed E-state index contributed by atoms with van der Waals surface area (Å²) in [4.78, 5) is 0.371. The fourth-order valence-corrected chi connectivity index (χ4v) is 3.81. The molecule has 136 valence electrons. The number of phenols is 1. The van der Waals surface area contributed by atoms with Crippen LogP contribution in [0.15, 0.2) is 58.3 Å². The summed E-state index contributed by atoms with van der Waals surface area (Å²) in [5.74, 6) is 0.718. The molecule has 2 aromatic rings. The Morgan fingerprint density at radius 2 is 1.32 bits per heavy atom. The van der Waals surface area contributed by atoms with Crippen molar-refractivity contribution in [2.45, 2.75) is 55.2 Å². The minimum absolute atomic E-state index is 0.0393. The van der Waals surface area contributed by atoms with Crippen LogP contribution in [0.3, 0.4) is 0 Å². The van der Waals surface area contributed by atoms with Crippen molar-refractivity contribution in [2.75, 3.05) is 6.61 Å². The SMILES string of the molecule is CCCCCCCCOc1ccc(S(=O)(=O)c2ccc(O)cc2)cc1. The van der Waals surface area contributed by atoms with E-state index in [1.165, 1.54) is 49.9 Å². The lowest BCUT2D eigenvalue weighted by atomic mass is 10.1. The molecule has 0 aliphatic carbocycles. The molecule has 0 atom stereocenters. The molecule has 0 heterocycles. The van der Waals surface area contributed by atoms with Crippen molar-refractivity contribution in [1.29, 1.82) is 0 Å². The van der Waals surface area contributed by atoms with Crippen LogP contribution in [0.4, 0.5) is 0 Å². The smallest absolute Gasteiger partial charge is 0.206 e. The molecule has 2 rings (SSSR count). The van der Waals surface area contributed by atoms with Crippen LogP contribution < -0.4 is 4.74 Å². The van der Waals surface area contributed by atoms with Crippen LogP contribution in [0, 0.1) is 0 Å². The first-order chi connectivity index (χ1) is 12.0. The molecule has 0 saturated carbocycles. The maximum Gasteiger partial charge on any atom is 0.206 e. The van der Waals surface area contributed by atoms with Crippen LogP contribution in [0.25, 0.3) is 0 Å². The third-order valence-corrected chi connectivity index (χ3v) is 5.83. The summed E-state index contributed by atoms with van der Waals surface area (Å²) >= 11 is 0. The molecule has 0 aromatic heterocycles. The summed E-state index contributed by atoms with van der Waals surface area (Å²) in [5, 5.41) is 9.28. The summed E-state index contributed by atoms with van der Waals surface area (Å²) in [7, 11) is -3.58. The normalized spacial score (nSPS) is 11.4. The topological polar surface area (TPSA) is 63.6 Å². The van der Waals surface area contributed by atoms with E-state index in [-0.39, 0.29) is 15.5 Å². The van der Waals surface area contributed by atoms with Gasteiger partial charge in [-0.2, -0.15) is 0 Å². The second-order valence-electron chi connectivity index (χ2n) is 6.08. The molecule has 0 bridgehead atoms. The number of rotatable bonds is 10. The average Bonchev–Trinajstić information content (AvgIpc) is 2.62. The molecule has 0 spiro atoms. The van der Waals surface area contributed by atoms with Crippen LogP contribution in [0.2, 0.25) is 0 Å². The molecule has 0 fully saturated rings. The second-order valence-corrected chi connectivity index (χ2v) is 8.03. The van der Waals surface area contributed by atoms with Gasteiger partial charge in [0.2, 0.25) is 9.84 Å². The number of hydrogen-bond donors (Lipinski definition) is 1. The number of sulfone groups is 1. The first-order valence-electron chi connectivity index (χ1n) is 8.81. The van der Waals surface area contributed by atoms with E-state index in [1.807, 2.05) is 0 Å². The Labute approximate surface area is 150 Å². The molecular formula is C20H26O4S. The fraction of sp³-hybridized carbons (Fsp3) is 0.400. The van der Waals surface area contributed by atoms with E-state index >= 15 is 0 Å². The Kier molecular flexibility index (Phi) is 7.31. The van der Waals surface area contributed by atoms with Gasteiger partial charge in [0.05, 0.1) is 16.4 Å². The van der Waals surface area contributed by atoms with E-state index in [4.69, 9.17) is 4.74 Å². The third-order valence-electron chi connectivity index (χ3n) is 4.05. The molecule has 0 amide bonds.